The van der Waals surface area contributed by atoms with Crippen LogP contribution in [0.3, 0.4) is 0 Å². The smallest absolute Gasteiger partial charge is 0.331 e. The third-order valence-electron chi connectivity index (χ3n) is 3.98. The van der Waals surface area contributed by atoms with Crippen molar-refractivity contribution in [3.05, 3.63) is 30.1 Å². The number of nitrogens with zero attached hydrogens (tertiary/aromatic N) is 1. The summed E-state index contributed by atoms with van der Waals surface area (Å²) in [6.45, 7) is 3.83. The lowest BCUT2D eigenvalue weighted by molar-refractivity contribution is -0.149. The van der Waals surface area contributed by atoms with Crippen molar-refractivity contribution in [2.75, 3.05) is 32.1 Å². The van der Waals surface area contributed by atoms with Gasteiger partial charge in [0, 0.05) is 6.54 Å². The molecule has 1 N–H and O–H groups in total. The number of benzene rings is 1. The molecule has 1 aromatic rings. The number of likely N-dealkylation sites (tertiary alicyclic amines) is 1. The molecule has 0 aromatic heterocycles. The van der Waals surface area contributed by atoms with Crippen LogP contribution in [0.4, 0.5) is 10.1 Å². The molecule has 1 saturated heterocycles. The summed E-state index contributed by atoms with van der Waals surface area (Å²) in [5, 5.41) is 3.13. The van der Waals surface area contributed by atoms with Gasteiger partial charge in [0.2, 0.25) is 0 Å². The average Bonchev–Trinajstić information content (AvgIpc) is 2.65. The molecule has 1 heterocycles. The number of rotatable bonds is 4. The average molecular weight is 294 g/mol. The van der Waals surface area contributed by atoms with Crippen molar-refractivity contribution >= 4 is 11.7 Å². The van der Waals surface area contributed by atoms with Crippen molar-refractivity contribution in [1.29, 1.82) is 0 Å². The van der Waals surface area contributed by atoms with Gasteiger partial charge < -0.3 is 15.0 Å². The van der Waals surface area contributed by atoms with Crippen LogP contribution in [-0.2, 0) is 9.53 Å². The van der Waals surface area contributed by atoms with E-state index in [1.54, 1.807) is 25.1 Å². The molecule has 0 aliphatic carbocycles. The molecule has 0 bridgehead atoms. The van der Waals surface area contributed by atoms with Crippen molar-refractivity contribution in [2.45, 2.75) is 31.7 Å². The second-order valence-corrected chi connectivity index (χ2v) is 5.56. The molecule has 0 spiro atoms. The number of esters is 1. The van der Waals surface area contributed by atoms with Crippen LogP contribution in [0.15, 0.2) is 24.3 Å². The van der Waals surface area contributed by atoms with Gasteiger partial charge in [-0.3, -0.25) is 0 Å². The predicted molar refractivity (Wildman–Crippen MR) is 80.7 cm³/mol. The Morgan fingerprint density at radius 3 is 2.86 bits per heavy atom. The maximum Gasteiger partial charge on any atom is 0.331 e. The van der Waals surface area contributed by atoms with Gasteiger partial charge in [-0.2, -0.15) is 0 Å². The van der Waals surface area contributed by atoms with Gasteiger partial charge >= 0.3 is 5.97 Å². The number of carbonyl (C=O) groups is 1. The number of nitrogens with one attached hydrogen (secondary N) is 1. The zero-order chi connectivity index (χ0) is 15.3. The number of hydrogen-bond acceptors (Lipinski definition) is 4. The molecule has 1 unspecified atom stereocenters. The summed E-state index contributed by atoms with van der Waals surface area (Å²) in [6.07, 6.45) is 2.12. The molecular weight excluding hydrogens is 271 g/mol. The molecule has 1 aliphatic rings. The summed E-state index contributed by atoms with van der Waals surface area (Å²) >= 11 is 0. The first-order valence-corrected chi connectivity index (χ1v) is 7.46. The fraction of sp³-hybridized carbons (Fsp3) is 0.562. The van der Waals surface area contributed by atoms with Crippen molar-refractivity contribution in [2.24, 2.45) is 0 Å². The van der Waals surface area contributed by atoms with Crippen LogP contribution in [0, 0.1) is 5.82 Å². The highest BCUT2D eigenvalue weighted by atomic mass is 19.1. The molecule has 21 heavy (non-hydrogen) atoms. The van der Waals surface area contributed by atoms with Gasteiger partial charge in [-0.25, -0.2) is 9.18 Å². The predicted octanol–water partition coefficient (Wildman–Crippen LogP) is 2.66. The van der Waals surface area contributed by atoms with Crippen LogP contribution in [0.5, 0.6) is 0 Å². The first-order chi connectivity index (χ1) is 10.1. The van der Waals surface area contributed by atoms with E-state index in [1.807, 2.05) is 7.05 Å². The first-order valence-electron chi connectivity index (χ1n) is 7.46. The van der Waals surface area contributed by atoms with E-state index < -0.39 is 5.54 Å². The summed E-state index contributed by atoms with van der Waals surface area (Å²) in [4.78, 5) is 14.7. The first kappa shape index (κ1) is 15.8. The Bertz CT molecular complexity index is 495. The highest BCUT2D eigenvalue weighted by Gasteiger charge is 2.41. The molecule has 116 valence electrons. The Morgan fingerprint density at radius 2 is 2.14 bits per heavy atom. The minimum Gasteiger partial charge on any atom is -0.464 e. The van der Waals surface area contributed by atoms with E-state index in [-0.39, 0.29) is 11.8 Å². The molecular formula is C16H23FN2O2. The highest BCUT2D eigenvalue weighted by molar-refractivity contribution is 5.84. The normalized spacial score (nSPS) is 23.4. The topological polar surface area (TPSA) is 41.6 Å². The van der Waals surface area contributed by atoms with Crippen LogP contribution >= 0.6 is 0 Å². The fourth-order valence-electron chi connectivity index (χ4n) is 2.74. The fourth-order valence-corrected chi connectivity index (χ4v) is 2.74. The SMILES string of the molecule is CCOC(=O)C1(Nc2ccccc2F)CCCN(C)CC1. The van der Waals surface area contributed by atoms with Crippen LogP contribution in [-0.4, -0.2) is 43.2 Å². The van der Waals surface area contributed by atoms with E-state index in [1.165, 1.54) is 6.07 Å². The molecule has 5 heteroatoms. The largest absolute Gasteiger partial charge is 0.464 e. The highest BCUT2D eigenvalue weighted by Crippen LogP contribution is 2.29. The second kappa shape index (κ2) is 6.89. The Labute approximate surface area is 125 Å². The van der Waals surface area contributed by atoms with Crippen LogP contribution in [0.1, 0.15) is 26.2 Å². The van der Waals surface area contributed by atoms with E-state index in [9.17, 15) is 9.18 Å². The lowest BCUT2D eigenvalue weighted by Crippen LogP contribution is -2.48. The molecule has 1 fully saturated rings. The molecule has 2 rings (SSSR count). The third kappa shape index (κ3) is 3.73. The molecule has 0 saturated carbocycles. The summed E-state index contributed by atoms with van der Waals surface area (Å²) in [6, 6.07) is 6.44. The van der Waals surface area contributed by atoms with Gasteiger partial charge in [0.15, 0.2) is 0 Å². The van der Waals surface area contributed by atoms with E-state index in [0.29, 0.717) is 25.1 Å². The van der Waals surface area contributed by atoms with Crippen LogP contribution in [0.25, 0.3) is 0 Å². The van der Waals surface area contributed by atoms with Gasteiger partial charge in [-0.15, -0.1) is 0 Å². The number of anilines is 1. The molecule has 1 atom stereocenters. The lowest BCUT2D eigenvalue weighted by atomic mass is 9.90. The Hall–Kier alpha value is -1.62. The summed E-state index contributed by atoms with van der Waals surface area (Å²) in [7, 11) is 2.03. The minimum atomic E-state index is -0.844. The van der Waals surface area contributed by atoms with Crippen LogP contribution in [0.2, 0.25) is 0 Å². The zero-order valence-electron chi connectivity index (χ0n) is 12.7. The van der Waals surface area contributed by atoms with Gasteiger partial charge in [0.25, 0.3) is 0 Å². The number of para-hydroxylation sites is 1. The van der Waals surface area contributed by atoms with Gasteiger partial charge in [0.1, 0.15) is 11.4 Å². The Balaban J connectivity index is 2.27. The second-order valence-electron chi connectivity index (χ2n) is 5.56. The molecule has 4 nitrogen and oxygen atoms in total. The molecule has 0 radical (unpaired) electrons. The van der Waals surface area contributed by atoms with Crippen molar-refractivity contribution < 1.29 is 13.9 Å². The quantitative estimate of drug-likeness (QED) is 0.867. The standard InChI is InChI=1S/C16H23FN2O2/c1-3-21-15(20)16(9-6-11-19(2)12-10-16)18-14-8-5-4-7-13(14)17/h4-5,7-8,18H,3,6,9-12H2,1-2H3. The maximum absolute atomic E-state index is 13.9. The zero-order valence-corrected chi connectivity index (χ0v) is 12.7. The lowest BCUT2D eigenvalue weighted by Gasteiger charge is -2.32. The van der Waals surface area contributed by atoms with Gasteiger partial charge in [-0.05, 0) is 51.9 Å². The van der Waals surface area contributed by atoms with Gasteiger partial charge in [-0.1, -0.05) is 12.1 Å². The molecule has 1 aliphatic heterocycles. The summed E-state index contributed by atoms with van der Waals surface area (Å²) in [5.41, 5.74) is -0.488. The molecule has 0 amide bonds. The number of hydrogen-bond donors (Lipinski definition) is 1. The van der Waals surface area contributed by atoms with Gasteiger partial charge in [0.05, 0.1) is 12.3 Å². The minimum absolute atomic E-state index is 0.288. The number of carbonyl (C=O) groups excluding carboxylic acids is 1. The van der Waals surface area contributed by atoms with E-state index >= 15 is 0 Å². The summed E-state index contributed by atoms with van der Waals surface area (Å²) < 4.78 is 19.2. The van der Waals surface area contributed by atoms with E-state index in [4.69, 9.17) is 4.74 Å². The van der Waals surface area contributed by atoms with Crippen LogP contribution < -0.4 is 5.32 Å². The van der Waals surface area contributed by atoms with Crippen molar-refractivity contribution in [3.8, 4) is 0 Å². The monoisotopic (exact) mass is 294 g/mol. The van der Waals surface area contributed by atoms with E-state index in [2.05, 4.69) is 10.2 Å². The Kier molecular flexibility index (Phi) is 5.17. The van der Waals surface area contributed by atoms with Crippen molar-refractivity contribution in [1.82, 2.24) is 4.90 Å². The van der Waals surface area contributed by atoms with Crippen molar-refractivity contribution in [3.63, 3.8) is 0 Å². The van der Waals surface area contributed by atoms with E-state index in [0.717, 1.165) is 19.5 Å². The number of halogens is 1. The molecule has 1 aromatic carbocycles. The summed E-state index contributed by atoms with van der Waals surface area (Å²) in [5.74, 6) is -0.637. The Morgan fingerprint density at radius 1 is 1.38 bits per heavy atom. The third-order valence-corrected chi connectivity index (χ3v) is 3.98. The maximum atomic E-state index is 13.9. The number of ether oxygens (including phenoxy) is 1.